The molecule has 128 valence electrons. The average Bonchev–Trinajstić information content (AvgIpc) is 2.68. The third-order valence-electron chi connectivity index (χ3n) is 3.78. The van der Waals surface area contributed by atoms with Crippen molar-refractivity contribution >= 4 is 28.9 Å². The monoisotopic (exact) mass is 344 g/mol. The molecule has 26 heavy (non-hydrogen) atoms. The first-order valence-corrected chi connectivity index (χ1v) is 8.01. The van der Waals surface area contributed by atoms with Crippen molar-refractivity contribution < 1.29 is 9.72 Å². The number of non-ortho nitro benzene ring substituents is 1. The van der Waals surface area contributed by atoms with Crippen LogP contribution < -0.4 is 5.32 Å². The zero-order valence-electron chi connectivity index (χ0n) is 13.8. The highest BCUT2D eigenvalue weighted by Crippen LogP contribution is 2.22. The minimum atomic E-state index is -0.451. The van der Waals surface area contributed by atoms with Gasteiger partial charge in [0.05, 0.1) is 4.92 Å². The second kappa shape index (κ2) is 7.90. The molecule has 3 rings (SSSR count). The Morgan fingerprint density at radius 1 is 0.846 bits per heavy atom. The Hall–Kier alpha value is -3.73. The van der Waals surface area contributed by atoms with Crippen molar-refractivity contribution in [1.82, 2.24) is 0 Å². The van der Waals surface area contributed by atoms with Gasteiger partial charge in [0.15, 0.2) is 0 Å². The fourth-order valence-corrected chi connectivity index (χ4v) is 2.48. The highest BCUT2D eigenvalue weighted by molar-refractivity contribution is 6.29. The smallest absolute Gasteiger partial charge is 0.269 e. The largest absolute Gasteiger partial charge is 0.322 e. The molecule has 0 aliphatic rings. The molecule has 0 unspecified atom stereocenters. The van der Waals surface area contributed by atoms with Gasteiger partial charge in [-0.1, -0.05) is 48.5 Å². The van der Waals surface area contributed by atoms with E-state index >= 15 is 0 Å². The van der Waals surface area contributed by atoms with Crippen LogP contribution in [0.1, 0.15) is 11.1 Å². The number of benzene rings is 3. The molecule has 3 aromatic carbocycles. The van der Waals surface area contributed by atoms with E-state index in [2.05, 4.69) is 5.32 Å². The maximum Gasteiger partial charge on any atom is 0.269 e. The quantitative estimate of drug-likeness (QED) is 0.313. The number of para-hydroxylation sites is 1. The zero-order valence-corrected chi connectivity index (χ0v) is 13.8. The van der Waals surface area contributed by atoms with Crippen molar-refractivity contribution in [2.45, 2.75) is 0 Å². The third-order valence-corrected chi connectivity index (χ3v) is 3.78. The van der Waals surface area contributed by atoms with Gasteiger partial charge in [0.2, 0.25) is 0 Å². The first-order valence-electron chi connectivity index (χ1n) is 8.01. The summed E-state index contributed by atoms with van der Waals surface area (Å²) < 4.78 is 0. The van der Waals surface area contributed by atoms with E-state index in [4.69, 9.17) is 0 Å². The maximum absolute atomic E-state index is 12.8. The second-order valence-electron chi connectivity index (χ2n) is 5.59. The van der Waals surface area contributed by atoms with Crippen molar-refractivity contribution in [3.05, 3.63) is 106 Å². The molecule has 0 saturated heterocycles. The minimum Gasteiger partial charge on any atom is -0.322 e. The van der Waals surface area contributed by atoms with Crippen LogP contribution in [0.25, 0.3) is 11.6 Å². The van der Waals surface area contributed by atoms with E-state index in [0.29, 0.717) is 16.8 Å². The van der Waals surface area contributed by atoms with Crippen LogP contribution in [0.4, 0.5) is 11.4 Å². The van der Waals surface area contributed by atoms with Gasteiger partial charge < -0.3 is 5.32 Å². The van der Waals surface area contributed by atoms with Gasteiger partial charge in [-0.2, -0.15) is 0 Å². The summed E-state index contributed by atoms with van der Waals surface area (Å²) in [5.74, 6) is -0.249. The Morgan fingerprint density at radius 3 is 2.00 bits per heavy atom. The van der Waals surface area contributed by atoms with Crippen LogP contribution in [0.2, 0.25) is 0 Å². The van der Waals surface area contributed by atoms with Crippen molar-refractivity contribution in [1.29, 1.82) is 0 Å². The van der Waals surface area contributed by atoms with Gasteiger partial charge in [-0.15, -0.1) is 0 Å². The van der Waals surface area contributed by atoms with Gasteiger partial charge in [0.25, 0.3) is 11.6 Å². The normalized spacial score (nSPS) is 11.0. The summed E-state index contributed by atoms with van der Waals surface area (Å²) in [5, 5.41) is 13.7. The van der Waals surface area contributed by atoms with Crippen LogP contribution in [0.3, 0.4) is 0 Å². The van der Waals surface area contributed by atoms with Crippen LogP contribution in [-0.2, 0) is 4.79 Å². The molecule has 5 heteroatoms. The Bertz CT molecular complexity index is 934. The van der Waals surface area contributed by atoms with E-state index < -0.39 is 4.92 Å². The van der Waals surface area contributed by atoms with Gasteiger partial charge in [-0.3, -0.25) is 14.9 Å². The molecule has 0 aromatic heterocycles. The topological polar surface area (TPSA) is 72.2 Å². The van der Waals surface area contributed by atoms with Crippen molar-refractivity contribution in [3.8, 4) is 0 Å². The van der Waals surface area contributed by atoms with Gasteiger partial charge in [0, 0.05) is 23.4 Å². The number of anilines is 1. The number of hydrogen-bond donors (Lipinski definition) is 1. The molecule has 1 amide bonds. The summed E-state index contributed by atoms with van der Waals surface area (Å²) in [4.78, 5) is 23.1. The molecule has 0 aliphatic heterocycles. The molecule has 0 fully saturated rings. The summed E-state index contributed by atoms with van der Waals surface area (Å²) in [6.07, 6.45) is 1.72. The van der Waals surface area contributed by atoms with Gasteiger partial charge in [0.1, 0.15) is 0 Å². The lowest BCUT2D eigenvalue weighted by atomic mass is 10.0. The van der Waals surface area contributed by atoms with Crippen LogP contribution in [0.5, 0.6) is 0 Å². The Morgan fingerprint density at radius 2 is 1.42 bits per heavy atom. The van der Waals surface area contributed by atoms with E-state index in [1.54, 1.807) is 18.2 Å². The van der Waals surface area contributed by atoms with Crippen molar-refractivity contribution in [3.63, 3.8) is 0 Å². The first-order chi connectivity index (χ1) is 12.6. The Kier molecular flexibility index (Phi) is 5.19. The summed E-state index contributed by atoms with van der Waals surface area (Å²) in [5.41, 5.74) is 2.65. The minimum absolute atomic E-state index is 0.0112. The molecule has 5 nitrogen and oxygen atoms in total. The fourth-order valence-electron chi connectivity index (χ4n) is 2.48. The lowest BCUT2D eigenvalue weighted by Crippen LogP contribution is -2.13. The van der Waals surface area contributed by atoms with E-state index in [1.807, 2.05) is 60.7 Å². The molecular weight excluding hydrogens is 328 g/mol. The molecule has 0 saturated carbocycles. The van der Waals surface area contributed by atoms with E-state index in [0.717, 1.165) is 5.56 Å². The number of nitrogens with one attached hydrogen (secondary N) is 1. The molecule has 0 bridgehead atoms. The maximum atomic E-state index is 12.8. The molecule has 0 spiro atoms. The van der Waals surface area contributed by atoms with Crippen molar-refractivity contribution in [2.75, 3.05) is 5.32 Å². The highest BCUT2D eigenvalue weighted by atomic mass is 16.6. The number of amides is 1. The fraction of sp³-hybridized carbons (Fsp3) is 0. The van der Waals surface area contributed by atoms with Crippen LogP contribution in [0, 0.1) is 10.1 Å². The van der Waals surface area contributed by atoms with Gasteiger partial charge in [-0.05, 0) is 41.5 Å². The molecule has 3 aromatic rings. The lowest BCUT2D eigenvalue weighted by Gasteiger charge is -2.10. The summed E-state index contributed by atoms with van der Waals surface area (Å²) in [6.45, 7) is 0. The van der Waals surface area contributed by atoms with E-state index in [-0.39, 0.29) is 11.6 Å². The average molecular weight is 344 g/mol. The van der Waals surface area contributed by atoms with Crippen LogP contribution >= 0.6 is 0 Å². The Labute approximate surface area is 150 Å². The predicted octanol–water partition coefficient (Wildman–Crippen LogP) is 4.77. The number of rotatable bonds is 5. The second-order valence-corrected chi connectivity index (χ2v) is 5.59. The number of nitro benzene ring substituents is 1. The van der Waals surface area contributed by atoms with Crippen LogP contribution in [-0.4, -0.2) is 10.8 Å². The molecular formula is C21H16N2O3. The SMILES string of the molecule is O=C(Nc1ccccc1)/C(=C/c1ccc([N+](=O)[O-])cc1)c1ccccc1. The molecule has 0 atom stereocenters. The lowest BCUT2D eigenvalue weighted by molar-refractivity contribution is -0.384. The number of nitro groups is 1. The number of carbonyl (C=O) groups excluding carboxylic acids is 1. The first kappa shape index (κ1) is 17.1. The number of carbonyl (C=O) groups is 1. The molecule has 0 radical (unpaired) electrons. The van der Waals surface area contributed by atoms with Crippen LogP contribution in [0.15, 0.2) is 84.9 Å². The highest BCUT2D eigenvalue weighted by Gasteiger charge is 2.13. The summed E-state index contributed by atoms with van der Waals surface area (Å²) in [6, 6.07) is 24.6. The predicted molar refractivity (Wildman–Crippen MR) is 102 cm³/mol. The summed E-state index contributed by atoms with van der Waals surface area (Å²) in [7, 11) is 0. The number of nitrogens with zero attached hydrogens (tertiary/aromatic N) is 1. The standard InChI is InChI=1S/C21H16N2O3/c24-21(22-18-9-5-2-6-10-18)20(17-7-3-1-4-8-17)15-16-11-13-19(14-12-16)23(25)26/h1-15H,(H,22,24)/b20-15+. The summed E-state index contributed by atoms with van der Waals surface area (Å²) >= 11 is 0. The Balaban J connectivity index is 1.95. The third kappa shape index (κ3) is 4.21. The van der Waals surface area contributed by atoms with E-state index in [9.17, 15) is 14.9 Å². The molecule has 0 heterocycles. The van der Waals surface area contributed by atoms with E-state index in [1.165, 1.54) is 12.1 Å². The molecule has 1 N–H and O–H groups in total. The van der Waals surface area contributed by atoms with Crippen molar-refractivity contribution in [2.24, 2.45) is 0 Å². The molecule has 0 aliphatic carbocycles. The van der Waals surface area contributed by atoms with Gasteiger partial charge >= 0.3 is 0 Å². The number of hydrogen-bond acceptors (Lipinski definition) is 3. The van der Waals surface area contributed by atoms with Gasteiger partial charge in [-0.25, -0.2) is 0 Å². The zero-order chi connectivity index (χ0) is 18.4.